The third kappa shape index (κ3) is 2.71. The minimum Gasteiger partial charge on any atom is -0.379 e. The summed E-state index contributed by atoms with van der Waals surface area (Å²) in [5, 5.41) is 1.08. The number of anilines is 1. The Bertz CT molecular complexity index is 827. The Kier molecular flexibility index (Phi) is 4.63. The number of hydrogen-bond acceptors (Lipinski definition) is 5. The van der Waals surface area contributed by atoms with Gasteiger partial charge in [-0.3, -0.25) is 0 Å². The molecule has 0 bridgehead atoms. The fourth-order valence-corrected chi connectivity index (χ4v) is 4.34. The molecule has 1 aliphatic carbocycles. The highest BCUT2D eigenvalue weighted by atomic mass is 127. The fraction of sp³-hybridized carbons (Fsp3) is 0.467. The second-order valence-corrected chi connectivity index (χ2v) is 8.51. The molecular weight excluding hydrogens is 515 g/mol. The highest BCUT2D eigenvalue weighted by Gasteiger charge is 2.56. The summed E-state index contributed by atoms with van der Waals surface area (Å²) in [4.78, 5) is 10.8. The highest BCUT2D eigenvalue weighted by Crippen LogP contribution is 2.45. The van der Waals surface area contributed by atoms with Crippen molar-refractivity contribution in [2.75, 3.05) is 30.9 Å². The van der Waals surface area contributed by atoms with Gasteiger partial charge in [0.15, 0.2) is 11.0 Å². The molecule has 1 aromatic carbocycles. The fourth-order valence-electron chi connectivity index (χ4n) is 3.13. The van der Waals surface area contributed by atoms with E-state index >= 15 is 0 Å². The van der Waals surface area contributed by atoms with Crippen LogP contribution in [0.1, 0.15) is 0 Å². The SMILES string of the molecule is CSc1nc(N2CCOC[C@H]3[C@H](F)[C@H]32)c2cc(I)c(Br)c(F)c2n1. The predicted octanol–water partition coefficient (Wildman–Crippen LogP) is 4.03. The van der Waals surface area contributed by atoms with Crippen LogP contribution in [0.15, 0.2) is 15.7 Å². The van der Waals surface area contributed by atoms with Crippen molar-refractivity contribution >= 4 is 67.0 Å². The normalized spacial score (nSPS) is 26.4. The zero-order valence-corrected chi connectivity index (χ0v) is 17.2. The Morgan fingerprint density at radius 2 is 2.25 bits per heavy atom. The van der Waals surface area contributed by atoms with Crippen LogP contribution in [0.3, 0.4) is 0 Å². The number of thioether (sulfide) groups is 1. The third-order valence-corrected chi connectivity index (χ3v) is 7.34. The van der Waals surface area contributed by atoms with Crippen LogP contribution in [0.5, 0.6) is 0 Å². The molecule has 0 unspecified atom stereocenters. The molecule has 1 aliphatic heterocycles. The molecule has 1 saturated carbocycles. The Labute approximate surface area is 164 Å². The van der Waals surface area contributed by atoms with Gasteiger partial charge in [0.05, 0.1) is 23.7 Å². The first-order valence-corrected chi connectivity index (χ1v) is 10.5. The zero-order valence-electron chi connectivity index (χ0n) is 12.6. The summed E-state index contributed by atoms with van der Waals surface area (Å²) in [6.45, 7) is 1.48. The molecular formula is C15H13BrF2IN3OS. The van der Waals surface area contributed by atoms with Gasteiger partial charge < -0.3 is 9.64 Å². The van der Waals surface area contributed by atoms with Crippen molar-refractivity contribution in [3.8, 4) is 0 Å². The quantitative estimate of drug-likeness (QED) is 0.255. The number of nitrogens with zero attached hydrogens (tertiary/aromatic N) is 3. The maximum Gasteiger partial charge on any atom is 0.189 e. The molecule has 2 fully saturated rings. The molecule has 1 saturated heterocycles. The lowest BCUT2D eigenvalue weighted by Crippen LogP contribution is -2.31. The number of fused-ring (bicyclic) bond motifs is 2. The van der Waals surface area contributed by atoms with Crippen molar-refractivity contribution in [3.05, 3.63) is 19.9 Å². The lowest BCUT2D eigenvalue weighted by Gasteiger charge is -2.24. The Balaban J connectivity index is 1.93. The lowest BCUT2D eigenvalue weighted by atomic mass is 10.2. The van der Waals surface area contributed by atoms with E-state index in [1.54, 1.807) is 0 Å². The van der Waals surface area contributed by atoms with Gasteiger partial charge in [-0.25, -0.2) is 18.7 Å². The molecule has 24 heavy (non-hydrogen) atoms. The Hall–Kier alpha value is -0.260. The van der Waals surface area contributed by atoms with Gasteiger partial charge in [0.2, 0.25) is 0 Å². The molecule has 3 atom stereocenters. The maximum atomic E-state index is 14.7. The molecule has 2 heterocycles. The van der Waals surface area contributed by atoms with Gasteiger partial charge in [0.1, 0.15) is 17.5 Å². The van der Waals surface area contributed by atoms with Gasteiger partial charge in [0.25, 0.3) is 0 Å². The molecule has 0 N–H and O–H groups in total. The van der Waals surface area contributed by atoms with Gasteiger partial charge in [-0.05, 0) is 50.8 Å². The first-order valence-electron chi connectivity index (χ1n) is 7.40. The van der Waals surface area contributed by atoms with Crippen molar-refractivity contribution in [3.63, 3.8) is 0 Å². The summed E-state index contributed by atoms with van der Waals surface area (Å²) in [6.07, 6.45) is 0.918. The summed E-state index contributed by atoms with van der Waals surface area (Å²) < 4.78 is 35.5. The molecule has 4 nitrogen and oxygen atoms in total. The third-order valence-electron chi connectivity index (χ3n) is 4.42. The van der Waals surface area contributed by atoms with Crippen LogP contribution in [0.25, 0.3) is 10.9 Å². The van der Waals surface area contributed by atoms with E-state index in [-0.39, 0.29) is 17.5 Å². The average Bonchev–Trinajstić information content (AvgIpc) is 3.27. The summed E-state index contributed by atoms with van der Waals surface area (Å²) in [5.41, 5.74) is 0.259. The lowest BCUT2D eigenvalue weighted by molar-refractivity contribution is 0.131. The van der Waals surface area contributed by atoms with Crippen molar-refractivity contribution in [1.29, 1.82) is 0 Å². The molecule has 128 valence electrons. The first-order chi connectivity index (χ1) is 11.5. The molecule has 9 heteroatoms. The van der Waals surface area contributed by atoms with Crippen LogP contribution in [0.4, 0.5) is 14.6 Å². The number of alkyl halides is 1. The van der Waals surface area contributed by atoms with E-state index in [0.717, 1.165) is 3.57 Å². The van der Waals surface area contributed by atoms with E-state index in [1.807, 2.05) is 17.2 Å². The average molecular weight is 528 g/mol. The first kappa shape index (κ1) is 17.2. The van der Waals surface area contributed by atoms with Crippen LogP contribution >= 0.6 is 50.3 Å². The number of aromatic nitrogens is 2. The number of ether oxygens (including phenoxy) is 1. The van der Waals surface area contributed by atoms with Crippen LogP contribution in [0, 0.1) is 15.3 Å². The number of benzene rings is 1. The van der Waals surface area contributed by atoms with Gasteiger partial charge in [-0.1, -0.05) is 11.8 Å². The second-order valence-electron chi connectivity index (χ2n) is 5.78. The largest absolute Gasteiger partial charge is 0.379 e. The van der Waals surface area contributed by atoms with Gasteiger partial charge in [0, 0.05) is 21.4 Å². The molecule has 2 aromatic rings. The smallest absolute Gasteiger partial charge is 0.189 e. The Morgan fingerprint density at radius 3 is 3.00 bits per heavy atom. The van der Waals surface area contributed by atoms with Crippen LogP contribution in [-0.2, 0) is 4.74 Å². The summed E-state index contributed by atoms with van der Waals surface area (Å²) in [5.74, 6) is 0.0509. The van der Waals surface area contributed by atoms with Crippen molar-refractivity contribution in [2.45, 2.75) is 17.4 Å². The summed E-state index contributed by atoms with van der Waals surface area (Å²) >= 11 is 6.68. The van der Waals surface area contributed by atoms with E-state index in [4.69, 9.17) is 4.74 Å². The minimum atomic E-state index is -0.924. The predicted molar refractivity (Wildman–Crippen MR) is 102 cm³/mol. The molecule has 4 rings (SSSR count). The number of halogens is 4. The Morgan fingerprint density at radius 1 is 1.46 bits per heavy atom. The molecule has 2 aliphatic rings. The van der Waals surface area contributed by atoms with Gasteiger partial charge in [-0.15, -0.1) is 0 Å². The van der Waals surface area contributed by atoms with Crippen molar-refractivity contribution in [1.82, 2.24) is 9.97 Å². The second kappa shape index (κ2) is 6.48. The van der Waals surface area contributed by atoms with Crippen LogP contribution in [-0.4, -0.2) is 48.2 Å². The summed E-state index contributed by atoms with van der Waals surface area (Å²) in [6, 6.07) is 1.60. The van der Waals surface area contributed by atoms with Crippen molar-refractivity contribution < 1.29 is 13.5 Å². The molecule has 1 aromatic heterocycles. The molecule has 0 radical (unpaired) electrons. The van der Waals surface area contributed by atoms with Gasteiger partial charge >= 0.3 is 0 Å². The van der Waals surface area contributed by atoms with Crippen LogP contribution in [0.2, 0.25) is 0 Å². The topological polar surface area (TPSA) is 38.2 Å². The highest BCUT2D eigenvalue weighted by molar-refractivity contribution is 14.1. The summed E-state index contributed by atoms with van der Waals surface area (Å²) in [7, 11) is 0. The number of rotatable bonds is 2. The maximum absolute atomic E-state index is 14.7. The zero-order chi connectivity index (χ0) is 17.0. The molecule has 0 amide bonds. The monoisotopic (exact) mass is 527 g/mol. The number of hydrogen-bond donors (Lipinski definition) is 0. The van der Waals surface area contributed by atoms with E-state index < -0.39 is 12.0 Å². The van der Waals surface area contributed by atoms with E-state index in [9.17, 15) is 8.78 Å². The standard InChI is InChI=1S/C15H13BrF2IN3OS/c1-24-15-20-12-6(4-8(19)9(16)11(12)18)14(21-15)22-2-3-23-5-7-10(17)13(7)22/h4,7,10,13H,2-3,5H2,1H3/t7-,10-,13-/m0/s1. The van der Waals surface area contributed by atoms with Crippen molar-refractivity contribution in [2.24, 2.45) is 5.92 Å². The van der Waals surface area contributed by atoms with Gasteiger partial charge in [-0.2, -0.15) is 0 Å². The van der Waals surface area contributed by atoms with E-state index in [1.165, 1.54) is 11.8 Å². The van der Waals surface area contributed by atoms with E-state index in [0.29, 0.717) is 40.6 Å². The molecule has 0 spiro atoms. The van der Waals surface area contributed by atoms with Crippen LogP contribution < -0.4 is 4.90 Å². The van der Waals surface area contributed by atoms with E-state index in [2.05, 4.69) is 48.5 Å². The minimum absolute atomic E-state index is 0.130.